The molecule has 0 fully saturated rings. The molecule has 0 unspecified atom stereocenters. The SMILES string of the molecule is Cl.Cl.NCCCCNC(=O)c1cnc(-c2ccccc2)s1. The minimum atomic E-state index is -0.0586. The van der Waals surface area contributed by atoms with Crippen molar-refractivity contribution in [2.75, 3.05) is 13.1 Å². The van der Waals surface area contributed by atoms with Gasteiger partial charge in [-0.25, -0.2) is 4.98 Å². The van der Waals surface area contributed by atoms with Crippen molar-refractivity contribution < 1.29 is 4.79 Å². The van der Waals surface area contributed by atoms with E-state index in [2.05, 4.69) is 10.3 Å². The number of hydrogen-bond donors (Lipinski definition) is 2. The second-order valence-electron chi connectivity index (χ2n) is 4.15. The lowest BCUT2D eigenvalue weighted by Crippen LogP contribution is -2.23. The molecule has 21 heavy (non-hydrogen) atoms. The van der Waals surface area contributed by atoms with E-state index in [1.54, 1.807) is 6.20 Å². The molecule has 1 aromatic carbocycles. The van der Waals surface area contributed by atoms with Crippen LogP contribution in [0.25, 0.3) is 10.6 Å². The van der Waals surface area contributed by atoms with Gasteiger partial charge < -0.3 is 11.1 Å². The summed E-state index contributed by atoms with van der Waals surface area (Å²) in [5.74, 6) is -0.0586. The van der Waals surface area contributed by atoms with Crippen LogP contribution in [0.4, 0.5) is 0 Å². The van der Waals surface area contributed by atoms with Crippen molar-refractivity contribution in [3.05, 3.63) is 41.4 Å². The van der Waals surface area contributed by atoms with Gasteiger partial charge in [-0.2, -0.15) is 0 Å². The minimum Gasteiger partial charge on any atom is -0.351 e. The Bertz CT molecular complexity index is 534. The van der Waals surface area contributed by atoms with Gasteiger partial charge in [0, 0.05) is 12.1 Å². The first-order valence-corrected chi connectivity index (χ1v) is 7.12. The standard InChI is InChI=1S/C14H17N3OS.2ClH/c15-8-4-5-9-16-13(18)12-10-17-14(19-12)11-6-2-1-3-7-11;;/h1-3,6-7,10H,4-5,8-9,15H2,(H,16,18);2*1H. The van der Waals surface area contributed by atoms with E-state index in [9.17, 15) is 4.79 Å². The van der Waals surface area contributed by atoms with E-state index in [0.717, 1.165) is 23.4 Å². The Labute approximate surface area is 141 Å². The number of amides is 1. The molecule has 0 saturated heterocycles. The highest BCUT2D eigenvalue weighted by Crippen LogP contribution is 2.24. The molecule has 0 radical (unpaired) electrons. The molecule has 0 aliphatic carbocycles. The molecule has 0 aliphatic heterocycles. The number of hydrogen-bond acceptors (Lipinski definition) is 4. The van der Waals surface area contributed by atoms with Gasteiger partial charge in [0.25, 0.3) is 5.91 Å². The number of rotatable bonds is 6. The second kappa shape index (κ2) is 10.6. The number of unbranched alkanes of at least 4 members (excludes halogenated alkanes) is 1. The van der Waals surface area contributed by atoms with Gasteiger partial charge in [0.15, 0.2) is 0 Å². The van der Waals surface area contributed by atoms with Crippen LogP contribution in [-0.2, 0) is 0 Å². The molecular weight excluding hydrogens is 329 g/mol. The monoisotopic (exact) mass is 347 g/mol. The zero-order chi connectivity index (χ0) is 13.5. The Morgan fingerprint density at radius 2 is 1.90 bits per heavy atom. The summed E-state index contributed by atoms with van der Waals surface area (Å²) in [6.45, 7) is 1.32. The maximum atomic E-state index is 11.9. The Morgan fingerprint density at radius 3 is 2.57 bits per heavy atom. The van der Waals surface area contributed by atoms with Gasteiger partial charge in [0.2, 0.25) is 0 Å². The maximum absolute atomic E-state index is 11.9. The van der Waals surface area contributed by atoms with Crippen LogP contribution >= 0.6 is 36.2 Å². The van der Waals surface area contributed by atoms with Crippen molar-refractivity contribution in [3.8, 4) is 10.6 Å². The first kappa shape index (κ1) is 19.9. The molecule has 0 aliphatic rings. The van der Waals surface area contributed by atoms with Crippen LogP contribution in [0, 0.1) is 0 Å². The molecule has 3 N–H and O–H groups in total. The zero-order valence-electron chi connectivity index (χ0n) is 11.5. The van der Waals surface area contributed by atoms with E-state index in [0.29, 0.717) is 18.0 Å². The predicted molar refractivity (Wildman–Crippen MR) is 92.7 cm³/mol. The number of thiazole rings is 1. The predicted octanol–water partition coefficient (Wildman–Crippen LogP) is 3.12. The van der Waals surface area contributed by atoms with Crippen LogP contribution in [0.2, 0.25) is 0 Å². The largest absolute Gasteiger partial charge is 0.351 e. The lowest BCUT2D eigenvalue weighted by molar-refractivity contribution is 0.0957. The zero-order valence-corrected chi connectivity index (χ0v) is 13.9. The van der Waals surface area contributed by atoms with Crippen LogP contribution in [-0.4, -0.2) is 24.0 Å². The first-order valence-electron chi connectivity index (χ1n) is 6.31. The molecule has 2 rings (SSSR count). The van der Waals surface area contributed by atoms with Crippen LogP contribution in [0.5, 0.6) is 0 Å². The molecule has 7 heteroatoms. The number of benzene rings is 1. The molecule has 1 amide bonds. The van der Waals surface area contributed by atoms with Gasteiger partial charge >= 0.3 is 0 Å². The minimum absolute atomic E-state index is 0. The van der Waals surface area contributed by atoms with Gasteiger partial charge in [-0.1, -0.05) is 30.3 Å². The average molecular weight is 348 g/mol. The summed E-state index contributed by atoms with van der Waals surface area (Å²) in [5.41, 5.74) is 6.44. The number of halogens is 2. The van der Waals surface area contributed by atoms with Gasteiger partial charge in [-0.15, -0.1) is 36.2 Å². The topological polar surface area (TPSA) is 68.0 Å². The summed E-state index contributed by atoms with van der Waals surface area (Å²) in [4.78, 5) is 16.8. The third-order valence-electron chi connectivity index (χ3n) is 2.67. The smallest absolute Gasteiger partial charge is 0.263 e. The van der Waals surface area contributed by atoms with Crippen molar-refractivity contribution in [3.63, 3.8) is 0 Å². The highest BCUT2D eigenvalue weighted by molar-refractivity contribution is 7.16. The molecule has 1 heterocycles. The molecule has 0 bridgehead atoms. The molecule has 0 atom stereocenters. The number of nitrogens with two attached hydrogens (primary N) is 1. The second-order valence-corrected chi connectivity index (χ2v) is 5.18. The summed E-state index contributed by atoms with van der Waals surface area (Å²) in [5, 5.41) is 3.74. The summed E-state index contributed by atoms with van der Waals surface area (Å²) < 4.78 is 0. The van der Waals surface area contributed by atoms with Gasteiger partial charge in [0.05, 0.1) is 6.20 Å². The van der Waals surface area contributed by atoms with Crippen molar-refractivity contribution in [2.24, 2.45) is 5.73 Å². The molecule has 1 aromatic heterocycles. The van der Waals surface area contributed by atoms with Gasteiger partial charge in [-0.05, 0) is 19.4 Å². The van der Waals surface area contributed by atoms with Crippen LogP contribution in [0.15, 0.2) is 36.5 Å². The third kappa shape index (κ3) is 6.01. The number of carbonyl (C=O) groups excluding carboxylic acids is 1. The number of aromatic nitrogens is 1. The Kier molecular flexibility index (Phi) is 9.99. The summed E-state index contributed by atoms with van der Waals surface area (Å²) in [6, 6.07) is 9.86. The molecular formula is C14H19Cl2N3OS. The number of nitrogens with one attached hydrogen (secondary N) is 1. The molecule has 0 spiro atoms. The van der Waals surface area contributed by atoms with E-state index in [-0.39, 0.29) is 30.7 Å². The van der Waals surface area contributed by atoms with E-state index in [1.807, 2.05) is 30.3 Å². The van der Waals surface area contributed by atoms with Crippen molar-refractivity contribution >= 4 is 42.1 Å². The van der Waals surface area contributed by atoms with Crippen molar-refractivity contribution in [1.29, 1.82) is 0 Å². The van der Waals surface area contributed by atoms with Crippen molar-refractivity contribution in [1.82, 2.24) is 10.3 Å². The Hall–Kier alpha value is -1.14. The number of carbonyl (C=O) groups is 1. The summed E-state index contributed by atoms with van der Waals surface area (Å²) in [7, 11) is 0. The fourth-order valence-corrected chi connectivity index (χ4v) is 2.49. The lowest BCUT2D eigenvalue weighted by atomic mass is 10.2. The third-order valence-corrected chi connectivity index (χ3v) is 3.71. The Morgan fingerprint density at radius 1 is 1.19 bits per heavy atom. The quantitative estimate of drug-likeness (QED) is 0.788. The van der Waals surface area contributed by atoms with E-state index >= 15 is 0 Å². The number of nitrogens with zero attached hydrogens (tertiary/aromatic N) is 1. The van der Waals surface area contributed by atoms with Gasteiger partial charge in [-0.3, -0.25) is 4.79 Å². The average Bonchev–Trinajstić information content (AvgIpc) is 2.94. The van der Waals surface area contributed by atoms with E-state index < -0.39 is 0 Å². The molecule has 4 nitrogen and oxygen atoms in total. The fraction of sp³-hybridized carbons (Fsp3) is 0.286. The normalized spacial score (nSPS) is 9.38. The van der Waals surface area contributed by atoms with Gasteiger partial charge in [0.1, 0.15) is 9.88 Å². The maximum Gasteiger partial charge on any atom is 0.263 e. The summed E-state index contributed by atoms with van der Waals surface area (Å²) >= 11 is 1.41. The highest BCUT2D eigenvalue weighted by atomic mass is 35.5. The molecule has 116 valence electrons. The highest BCUT2D eigenvalue weighted by Gasteiger charge is 2.10. The van der Waals surface area contributed by atoms with Crippen LogP contribution < -0.4 is 11.1 Å². The van der Waals surface area contributed by atoms with Crippen molar-refractivity contribution in [2.45, 2.75) is 12.8 Å². The van der Waals surface area contributed by atoms with Crippen LogP contribution in [0.1, 0.15) is 22.5 Å². The molecule has 0 saturated carbocycles. The lowest BCUT2D eigenvalue weighted by Gasteiger charge is -2.01. The Balaban J connectivity index is 0.00000200. The fourth-order valence-electron chi connectivity index (χ4n) is 1.65. The van der Waals surface area contributed by atoms with Crippen LogP contribution in [0.3, 0.4) is 0 Å². The van der Waals surface area contributed by atoms with E-state index in [1.165, 1.54) is 11.3 Å². The van der Waals surface area contributed by atoms with E-state index in [4.69, 9.17) is 5.73 Å². The first-order chi connectivity index (χ1) is 9.31. The summed E-state index contributed by atoms with van der Waals surface area (Å²) in [6.07, 6.45) is 3.47. The molecule has 2 aromatic rings.